The Morgan fingerprint density at radius 2 is 2.19 bits per heavy atom. The van der Waals surface area contributed by atoms with E-state index >= 15 is 0 Å². The predicted octanol–water partition coefficient (Wildman–Crippen LogP) is 4.23. The highest BCUT2D eigenvalue weighted by Gasteiger charge is 2.12. The van der Waals surface area contributed by atoms with Gasteiger partial charge in [-0.15, -0.1) is 18.2 Å². The minimum Gasteiger partial charge on any atom is -0.461 e. The number of terminal acetylenes is 1. The van der Waals surface area contributed by atoms with Crippen molar-refractivity contribution >= 4 is 22.7 Å². The Hall–Kier alpha value is -1.37. The summed E-state index contributed by atoms with van der Waals surface area (Å²) in [6.45, 7) is 4.05. The van der Waals surface area contributed by atoms with Gasteiger partial charge in [0, 0.05) is 36.2 Å². The lowest BCUT2D eigenvalue weighted by molar-refractivity contribution is 0.526. The molecule has 0 amide bonds. The van der Waals surface area contributed by atoms with Crippen molar-refractivity contribution < 1.29 is 4.42 Å². The number of hydrogen-bond acceptors (Lipinski definition) is 3. The number of thioether (sulfide) groups is 1. The number of furan rings is 1. The van der Waals surface area contributed by atoms with Crippen molar-refractivity contribution in [3.05, 3.63) is 35.6 Å². The monoisotopic (exact) mass is 301 g/mol. The molecule has 1 aromatic carbocycles. The van der Waals surface area contributed by atoms with Crippen LogP contribution in [0.4, 0.5) is 0 Å². The number of para-hydroxylation sites is 1. The van der Waals surface area contributed by atoms with E-state index in [0.717, 1.165) is 42.4 Å². The van der Waals surface area contributed by atoms with Gasteiger partial charge in [-0.25, -0.2) is 0 Å². The van der Waals surface area contributed by atoms with Gasteiger partial charge in [0.05, 0.1) is 5.75 Å². The highest BCUT2D eigenvalue weighted by atomic mass is 32.2. The summed E-state index contributed by atoms with van der Waals surface area (Å²) in [6.07, 6.45) is 8.63. The van der Waals surface area contributed by atoms with Crippen LogP contribution in [0.5, 0.6) is 0 Å². The number of unbranched alkanes of at least 4 members (excludes halogenated alkanes) is 1. The molecule has 0 saturated heterocycles. The quantitative estimate of drug-likeness (QED) is 0.554. The molecule has 0 aliphatic carbocycles. The van der Waals surface area contributed by atoms with Crippen molar-refractivity contribution in [1.29, 1.82) is 0 Å². The van der Waals surface area contributed by atoms with Crippen molar-refractivity contribution in [1.82, 2.24) is 5.32 Å². The van der Waals surface area contributed by atoms with Crippen molar-refractivity contribution in [3.8, 4) is 12.3 Å². The van der Waals surface area contributed by atoms with Gasteiger partial charge in [0.25, 0.3) is 0 Å². The van der Waals surface area contributed by atoms with E-state index in [1.54, 1.807) is 11.8 Å². The molecule has 1 aromatic heterocycles. The van der Waals surface area contributed by atoms with Crippen LogP contribution in [0.25, 0.3) is 11.0 Å². The molecule has 0 aliphatic rings. The number of aryl methyl sites for hydroxylation is 1. The molecular weight excluding hydrogens is 278 g/mol. The maximum atomic E-state index is 6.03. The van der Waals surface area contributed by atoms with Crippen molar-refractivity contribution in [2.45, 2.75) is 32.7 Å². The number of nitrogens with one attached hydrogen (secondary N) is 1. The summed E-state index contributed by atoms with van der Waals surface area (Å²) in [6, 6.07) is 8.31. The van der Waals surface area contributed by atoms with Gasteiger partial charge in [0.2, 0.25) is 0 Å². The van der Waals surface area contributed by atoms with Crippen molar-refractivity contribution in [3.63, 3.8) is 0 Å². The van der Waals surface area contributed by atoms with Crippen LogP contribution in [0.1, 0.15) is 31.1 Å². The molecule has 2 aromatic rings. The predicted molar refractivity (Wildman–Crippen MR) is 92.7 cm³/mol. The first-order valence-electron chi connectivity index (χ1n) is 7.58. The highest BCUT2D eigenvalue weighted by molar-refractivity contribution is 7.99. The first-order valence-corrected chi connectivity index (χ1v) is 8.73. The van der Waals surface area contributed by atoms with E-state index in [0.29, 0.717) is 0 Å². The smallest absolute Gasteiger partial charge is 0.134 e. The average molecular weight is 301 g/mol. The van der Waals surface area contributed by atoms with Gasteiger partial charge in [-0.2, -0.15) is 0 Å². The third kappa shape index (κ3) is 4.56. The Kier molecular flexibility index (Phi) is 6.72. The second kappa shape index (κ2) is 8.81. The van der Waals surface area contributed by atoms with E-state index in [2.05, 4.69) is 36.4 Å². The van der Waals surface area contributed by atoms with Gasteiger partial charge in [0.1, 0.15) is 11.3 Å². The van der Waals surface area contributed by atoms with Gasteiger partial charge in [-0.05, 0) is 12.5 Å². The molecule has 21 heavy (non-hydrogen) atoms. The second-order valence-electron chi connectivity index (χ2n) is 5.04. The van der Waals surface area contributed by atoms with Gasteiger partial charge in [-0.3, -0.25) is 0 Å². The molecule has 2 nitrogen and oxygen atoms in total. The number of benzene rings is 1. The number of hydrogen-bond donors (Lipinski definition) is 1. The van der Waals surface area contributed by atoms with Gasteiger partial charge < -0.3 is 9.73 Å². The molecule has 0 aliphatic heterocycles. The fourth-order valence-corrected chi connectivity index (χ4v) is 2.92. The largest absolute Gasteiger partial charge is 0.461 e. The summed E-state index contributed by atoms with van der Waals surface area (Å²) in [7, 11) is 0. The molecule has 0 bridgehead atoms. The van der Waals surface area contributed by atoms with E-state index in [-0.39, 0.29) is 0 Å². The Labute approximate surface area is 131 Å². The van der Waals surface area contributed by atoms with Crippen molar-refractivity contribution in [2.24, 2.45) is 0 Å². The second-order valence-corrected chi connectivity index (χ2v) is 6.14. The molecule has 2 rings (SSSR count). The zero-order valence-corrected chi connectivity index (χ0v) is 13.5. The van der Waals surface area contributed by atoms with Crippen LogP contribution in [-0.4, -0.2) is 18.1 Å². The Balaban J connectivity index is 2.00. The fourth-order valence-electron chi connectivity index (χ4n) is 2.37. The van der Waals surface area contributed by atoms with Crippen LogP contribution in [0.3, 0.4) is 0 Å². The first kappa shape index (κ1) is 16.0. The molecule has 3 heteroatoms. The maximum Gasteiger partial charge on any atom is 0.134 e. The molecule has 112 valence electrons. The SMILES string of the molecule is C#CCSCCNCc1c(CCCC)oc2ccccc12. The van der Waals surface area contributed by atoms with E-state index < -0.39 is 0 Å². The summed E-state index contributed by atoms with van der Waals surface area (Å²) in [5.74, 6) is 5.63. The van der Waals surface area contributed by atoms with Gasteiger partial charge in [-0.1, -0.05) is 37.5 Å². The van der Waals surface area contributed by atoms with E-state index in [1.807, 2.05) is 6.07 Å². The first-order chi connectivity index (χ1) is 10.4. The topological polar surface area (TPSA) is 25.2 Å². The van der Waals surface area contributed by atoms with Crippen LogP contribution in [0.15, 0.2) is 28.7 Å². The zero-order chi connectivity index (χ0) is 14.9. The third-order valence-electron chi connectivity index (χ3n) is 3.45. The van der Waals surface area contributed by atoms with Crippen LogP contribution >= 0.6 is 11.8 Å². The highest BCUT2D eigenvalue weighted by Crippen LogP contribution is 2.27. The molecule has 1 heterocycles. The lowest BCUT2D eigenvalue weighted by Gasteiger charge is -2.05. The van der Waals surface area contributed by atoms with Gasteiger partial charge in [0.15, 0.2) is 0 Å². The molecule has 0 saturated carbocycles. The molecule has 1 N–H and O–H groups in total. The van der Waals surface area contributed by atoms with E-state index in [4.69, 9.17) is 10.8 Å². The average Bonchev–Trinajstić information content (AvgIpc) is 2.86. The van der Waals surface area contributed by atoms with E-state index in [1.165, 1.54) is 23.8 Å². The Morgan fingerprint density at radius 1 is 1.33 bits per heavy atom. The van der Waals surface area contributed by atoms with Crippen LogP contribution in [-0.2, 0) is 13.0 Å². The molecule has 0 fully saturated rings. The van der Waals surface area contributed by atoms with Crippen LogP contribution in [0, 0.1) is 12.3 Å². The Morgan fingerprint density at radius 3 is 3.00 bits per heavy atom. The minimum absolute atomic E-state index is 0.790. The fraction of sp³-hybridized carbons (Fsp3) is 0.444. The molecule has 0 spiro atoms. The normalized spacial score (nSPS) is 10.9. The summed E-state index contributed by atoms with van der Waals surface area (Å²) in [5, 5.41) is 4.75. The molecule has 0 atom stereocenters. The maximum absolute atomic E-state index is 6.03. The van der Waals surface area contributed by atoms with Gasteiger partial charge >= 0.3 is 0 Å². The Bertz CT molecular complexity index is 597. The van der Waals surface area contributed by atoms with Crippen LogP contribution in [0.2, 0.25) is 0 Å². The standard InChI is InChI=1S/C18H23NOS/c1-3-5-9-18-16(14-19-11-13-21-12-4-2)15-8-6-7-10-17(15)20-18/h2,6-8,10,19H,3,5,9,11-14H2,1H3. The van der Waals surface area contributed by atoms with Crippen molar-refractivity contribution in [2.75, 3.05) is 18.1 Å². The minimum atomic E-state index is 0.790. The third-order valence-corrected chi connectivity index (χ3v) is 4.31. The summed E-state index contributed by atoms with van der Waals surface area (Å²) in [4.78, 5) is 0. The summed E-state index contributed by atoms with van der Waals surface area (Å²) >= 11 is 1.79. The molecule has 0 radical (unpaired) electrons. The molecule has 0 unspecified atom stereocenters. The zero-order valence-electron chi connectivity index (χ0n) is 12.7. The molecular formula is C18H23NOS. The van der Waals surface area contributed by atoms with Crippen LogP contribution < -0.4 is 5.32 Å². The lowest BCUT2D eigenvalue weighted by atomic mass is 10.1. The summed E-state index contributed by atoms with van der Waals surface area (Å²) in [5.41, 5.74) is 2.32. The lowest BCUT2D eigenvalue weighted by Crippen LogP contribution is -2.17. The number of rotatable bonds is 9. The summed E-state index contributed by atoms with van der Waals surface area (Å²) < 4.78 is 6.03. The van der Waals surface area contributed by atoms with E-state index in [9.17, 15) is 0 Å². The number of fused-ring (bicyclic) bond motifs is 1.